The van der Waals surface area contributed by atoms with Crippen LogP contribution in [0.4, 0.5) is 4.79 Å². The number of nitrogens with one attached hydrogen (secondary N) is 1. The van der Waals surface area contributed by atoms with Crippen LogP contribution in [0.1, 0.15) is 27.2 Å². The molecule has 17 heavy (non-hydrogen) atoms. The van der Waals surface area contributed by atoms with Gasteiger partial charge in [0.2, 0.25) is 0 Å². The van der Waals surface area contributed by atoms with E-state index >= 15 is 0 Å². The van der Waals surface area contributed by atoms with Gasteiger partial charge in [0.15, 0.2) is 0 Å². The number of fused-ring (bicyclic) bond motifs is 1. The number of piperidine rings is 1. The molecular formula is C12H22N2O3. The maximum absolute atomic E-state index is 11.9. The SMILES string of the molecule is CC(C)(C)OC(=O)N1CC[C@@H]2NCCO[C@H]2C1. The highest BCUT2D eigenvalue weighted by Crippen LogP contribution is 2.19. The number of amides is 1. The van der Waals surface area contributed by atoms with Crippen LogP contribution in [-0.2, 0) is 9.47 Å². The third kappa shape index (κ3) is 3.33. The normalized spacial score (nSPS) is 29.7. The van der Waals surface area contributed by atoms with Crippen LogP contribution in [0.2, 0.25) is 0 Å². The molecule has 2 saturated heterocycles. The molecule has 0 aromatic heterocycles. The number of nitrogens with zero attached hydrogens (tertiary/aromatic N) is 1. The molecular weight excluding hydrogens is 220 g/mol. The zero-order valence-electron chi connectivity index (χ0n) is 10.9. The van der Waals surface area contributed by atoms with Crippen molar-refractivity contribution in [2.24, 2.45) is 0 Å². The summed E-state index contributed by atoms with van der Waals surface area (Å²) in [6.45, 7) is 8.67. The zero-order chi connectivity index (χ0) is 12.5. The van der Waals surface area contributed by atoms with E-state index in [2.05, 4.69) is 5.32 Å². The molecule has 1 N–H and O–H groups in total. The first-order valence-corrected chi connectivity index (χ1v) is 6.28. The number of ether oxygens (including phenoxy) is 2. The fourth-order valence-electron chi connectivity index (χ4n) is 2.27. The van der Waals surface area contributed by atoms with Crippen LogP contribution in [0, 0.1) is 0 Å². The summed E-state index contributed by atoms with van der Waals surface area (Å²) in [5.74, 6) is 0. The lowest BCUT2D eigenvalue weighted by Crippen LogP contribution is -2.59. The lowest BCUT2D eigenvalue weighted by atomic mass is 10.0. The first-order chi connectivity index (χ1) is 7.96. The lowest BCUT2D eigenvalue weighted by molar-refractivity contribution is -0.0532. The van der Waals surface area contributed by atoms with E-state index in [0.29, 0.717) is 12.6 Å². The number of likely N-dealkylation sites (tertiary alicyclic amines) is 1. The molecule has 2 aliphatic heterocycles. The topological polar surface area (TPSA) is 50.8 Å². The average molecular weight is 242 g/mol. The van der Waals surface area contributed by atoms with E-state index in [1.165, 1.54) is 0 Å². The largest absolute Gasteiger partial charge is 0.444 e. The molecule has 5 nitrogen and oxygen atoms in total. The number of carbonyl (C=O) groups excluding carboxylic acids is 1. The zero-order valence-corrected chi connectivity index (χ0v) is 10.9. The van der Waals surface area contributed by atoms with Crippen LogP contribution >= 0.6 is 0 Å². The molecule has 2 atom stereocenters. The first kappa shape index (κ1) is 12.6. The molecule has 0 aromatic carbocycles. The Kier molecular flexibility index (Phi) is 3.58. The van der Waals surface area contributed by atoms with Crippen LogP contribution in [0.15, 0.2) is 0 Å². The van der Waals surface area contributed by atoms with Crippen molar-refractivity contribution in [3.8, 4) is 0 Å². The second kappa shape index (κ2) is 4.82. The molecule has 98 valence electrons. The summed E-state index contributed by atoms with van der Waals surface area (Å²) in [5.41, 5.74) is -0.431. The minimum absolute atomic E-state index is 0.116. The van der Waals surface area contributed by atoms with Gasteiger partial charge in [-0.1, -0.05) is 0 Å². The highest BCUT2D eigenvalue weighted by Gasteiger charge is 2.35. The van der Waals surface area contributed by atoms with Gasteiger partial charge in [0.1, 0.15) is 5.60 Å². The summed E-state index contributed by atoms with van der Waals surface area (Å²) < 4.78 is 11.0. The molecule has 0 bridgehead atoms. The standard InChI is InChI=1S/C12H22N2O3/c1-12(2,3)17-11(15)14-6-4-9-10(8-14)16-7-5-13-9/h9-10,13H,4-8H2,1-3H3/t9-,10-/m0/s1. The van der Waals surface area contributed by atoms with Crippen molar-refractivity contribution < 1.29 is 14.3 Å². The third-order valence-electron chi connectivity index (χ3n) is 3.05. The van der Waals surface area contributed by atoms with Crippen molar-refractivity contribution >= 4 is 6.09 Å². The van der Waals surface area contributed by atoms with Gasteiger partial charge in [-0.15, -0.1) is 0 Å². The molecule has 5 heteroatoms. The minimum Gasteiger partial charge on any atom is -0.444 e. The molecule has 0 radical (unpaired) electrons. The Morgan fingerprint density at radius 3 is 2.94 bits per heavy atom. The molecule has 1 amide bonds. The molecule has 2 rings (SSSR count). The molecule has 0 aliphatic carbocycles. The van der Waals surface area contributed by atoms with Crippen molar-refractivity contribution in [3.05, 3.63) is 0 Å². The van der Waals surface area contributed by atoms with Gasteiger partial charge in [-0.05, 0) is 27.2 Å². The van der Waals surface area contributed by atoms with E-state index in [-0.39, 0.29) is 12.2 Å². The molecule has 2 heterocycles. The van der Waals surface area contributed by atoms with E-state index in [4.69, 9.17) is 9.47 Å². The molecule has 2 aliphatic rings. The number of hydrogen-bond acceptors (Lipinski definition) is 4. The van der Waals surface area contributed by atoms with E-state index in [1.54, 1.807) is 4.90 Å². The smallest absolute Gasteiger partial charge is 0.410 e. The highest BCUT2D eigenvalue weighted by atomic mass is 16.6. The molecule has 0 aromatic rings. The van der Waals surface area contributed by atoms with Crippen molar-refractivity contribution in [1.82, 2.24) is 10.2 Å². The van der Waals surface area contributed by atoms with E-state index in [1.807, 2.05) is 20.8 Å². The Balaban J connectivity index is 1.89. The summed E-state index contributed by atoms with van der Waals surface area (Å²) in [6, 6.07) is 0.391. The number of carbonyl (C=O) groups is 1. The summed E-state index contributed by atoms with van der Waals surface area (Å²) >= 11 is 0. The van der Waals surface area contributed by atoms with Crippen molar-refractivity contribution in [2.45, 2.75) is 44.9 Å². The van der Waals surface area contributed by atoms with Gasteiger partial charge in [0.25, 0.3) is 0 Å². The van der Waals surface area contributed by atoms with E-state index in [0.717, 1.165) is 26.1 Å². The van der Waals surface area contributed by atoms with Crippen LogP contribution in [0.25, 0.3) is 0 Å². The van der Waals surface area contributed by atoms with Crippen molar-refractivity contribution in [1.29, 1.82) is 0 Å². The van der Waals surface area contributed by atoms with Gasteiger partial charge in [0, 0.05) is 19.1 Å². The van der Waals surface area contributed by atoms with Gasteiger partial charge >= 0.3 is 6.09 Å². The van der Waals surface area contributed by atoms with Gasteiger partial charge in [-0.25, -0.2) is 4.79 Å². The van der Waals surface area contributed by atoms with E-state index < -0.39 is 5.60 Å². The second-order valence-electron chi connectivity index (χ2n) is 5.68. The molecule has 2 fully saturated rings. The number of hydrogen-bond donors (Lipinski definition) is 1. The third-order valence-corrected chi connectivity index (χ3v) is 3.05. The Morgan fingerprint density at radius 2 is 2.24 bits per heavy atom. The Bertz CT molecular complexity index is 288. The highest BCUT2D eigenvalue weighted by molar-refractivity contribution is 5.68. The van der Waals surface area contributed by atoms with E-state index in [9.17, 15) is 4.79 Å². The minimum atomic E-state index is -0.431. The molecule has 0 spiro atoms. The molecule has 0 unspecified atom stereocenters. The Hall–Kier alpha value is -0.810. The van der Waals surface area contributed by atoms with Crippen LogP contribution < -0.4 is 5.32 Å². The lowest BCUT2D eigenvalue weighted by Gasteiger charge is -2.41. The monoisotopic (exact) mass is 242 g/mol. The first-order valence-electron chi connectivity index (χ1n) is 6.28. The molecule has 0 saturated carbocycles. The summed E-state index contributed by atoms with van der Waals surface area (Å²) in [6.07, 6.45) is 0.819. The van der Waals surface area contributed by atoms with Gasteiger partial charge in [-0.2, -0.15) is 0 Å². The van der Waals surface area contributed by atoms with Crippen LogP contribution in [0.5, 0.6) is 0 Å². The summed E-state index contributed by atoms with van der Waals surface area (Å²) in [4.78, 5) is 13.7. The average Bonchev–Trinajstić information content (AvgIpc) is 2.26. The fraction of sp³-hybridized carbons (Fsp3) is 0.917. The van der Waals surface area contributed by atoms with Crippen LogP contribution in [-0.4, -0.2) is 55.0 Å². The fourth-order valence-corrected chi connectivity index (χ4v) is 2.27. The van der Waals surface area contributed by atoms with Gasteiger partial charge < -0.3 is 19.7 Å². The summed E-state index contributed by atoms with van der Waals surface area (Å²) in [5, 5.41) is 3.42. The van der Waals surface area contributed by atoms with Gasteiger partial charge in [-0.3, -0.25) is 0 Å². The Morgan fingerprint density at radius 1 is 1.47 bits per heavy atom. The van der Waals surface area contributed by atoms with Crippen LogP contribution in [0.3, 0.4) is 0 Å². The van der Waals surface area contributed by atoms with Gasteiger partial charge in [0.05, 0.1) is 19.3 Å². The number of morpholine rings is 1. The predicted molar refractivity (Wildman–Crippen MR) is 64.0 cm³/mol. The predicted octanol–water partition coefficient (Wildman–Crippen LogP) is 0.984. The quantitative estimate of drug-likeness (QED) is 0.688. The number of rotatable bonds is 0. The van der Waals surface area contributed by atoms with Crippen molar-refractivity contribution in [3.63, 3.8) is 0 Å². The summed E-state index contributed by atoms with van der Waals surface area (Å²) in [7, 11) is 0. The van der Waals surface area contributed by atoms with Crippen molar-refractivity contribution in [2.75, 3.05) is 26.2 Å². The Labute approximate surface area is 102 Å². The maximum Gasteiger partial charge on any atom is 0.410 e. The second-order valence-corrected chi connectivity index (χ2v) is 5.68. The maximum atomic E-state index is 11.9.